The standard InChI is InChI=1S/C14H18N6/c1-9-6-7-10(17-18-15)13-11(19(2)3)8-12(20(4)5)16-14(9)13/h6-8H,1-5H3. The molecule has 0 N–H and O–H groups in total. The first-order chi connectivity index (χ1) is 9.45. The van der Waals surface area contributed by atoms with Crippen LogP contribution in [-0.4, -0.2) is 33.2 Å². The lowest BCUT2D eigenvalue weighted by Crippen LogP contribution is -2.14. The predicted molar refractivity (Wildman–Crippen MR) is 83.9 cm³/mol. The molecule has 0 aliphatic heterocycles. The van der Waals surface area contributed by atoms with E-state index in [1.165, 1.54) is 0 Å². The number of benzene rings is 1. The smallest absolute Gasteiger partial charge is 0.130 e. The van der Waals surface area contributed by atoms with Gasteiger partial charge in [0.1, 0.15) is 5.82 Å². The van der Waals surface area contributed by atoms with Crippen LogP contribution >= 0.6 is 0 Å². The van der Waals surface area contributed by atoms with Crippen LogP contribution in [0.3, 0.4) is 0 Å². The van der Waals surface area contributed by atoms with E-state index in [1.807, 2.05) is 63.1 Å². The maximum Gasteiger partial charge on any atom is 0.130 e. The lowest BCUT2D eigenvalue weighted by atomic mass is 10.1. The van der Waals surface area contributed by atoms with Crippen molar-refractivity contribution in [2.75, 3.05) is 38.0 Å². The van der Waals surface area contributed by atoms with Crippen LogP contribution in [0.15, 0.2) is 23.3 Å². The Morgan fingerprint density at radius 3 is 2.40 bits per heavy atom. The maximum absolute atomic E-state index is 8.74. The lowest BCUT2D eigenvalue weighted by Gasteiger charge is -2.21. The Hall–Kier alpha value is -2.46. The van der Waals surface area contributed by atoms with Gasteiger partial charge in [0.25, 0.3) is 0 Å². The van der Waals surface area contributed by atoms with E-state index in [2.05, 4.69) is 15.0 Å². The Balaban J connectivity index is 2.95. The van der Waals surface area contributed by atoms with Gasteiger partial charge in [-0.05, 0) is 18.0 Å². The average Bonchev–Trinajstić information content (AvgIpc) is 2.40. The summed E-state index contributed by atoms with van der Waals surface area (Å²) in [5, 5.41) is 4.68. The maximum atomic E-state index is 8.74. The number of pyridine rings is 1. The minimum atomic E-state index is 0.606. The third-order valence-corrected chi connectivity index (χ3v) is 3.20. The van der Waals surface area contributed by atoms with E-state index < -0.39 is 0 Å². The molecule has 0 aliphatic rings. The van der Waals surface area contributed by atoms with Gasteiger partial charge in [-0.15, -0.1) is 0 Å². The second kappa shape index (κ2) is 5.27. The van der Waals surface area contributed by atoms with Crippen LogP contribution in [0.2, 0.25) is 0 Å². The monoisotopic (exact) mass is 270 g/mol. The molecule has 0 spiro atoms. The van der Waals surface area contributed by atoms with Gasteiger partial charge in [-0.2, -0.15) is 0 Å². The molecule has 2 aromatic rings. The fourth-order valence-corrected chi connectivity index (χ4v) is 2.14. The largest absolute Gasteiger partial charge is 0.377 e. The minimum Gasteiger partial charge on any atom is -0.377 e. The molecule has 104 valence electrons. The zero-order valence-electron chi connectivity index (χ0n) is 12.4. The van der Waals surface area contributed by atoms with Gasteiger partial charge in [-0.25, -0.2) is 4.98 Å². The van der Waals surface area contributed by atoms with Crippen LogP contribution in [-0.2, 0) is 0 Å². The fourth-order valence-electron chi connectivity index (χ4n) is 2.14. The third kappa shape index (κ3) is 2.33. The van der Waals surface area contributed by atoms with Crippen molar-refractivity contribution in [1.82, 2.24) is 4.98 Å². The number of fused-ring (bicyclic) bond motifs is 1. The second-order valence-corrected chi connectivity index (χ2v) is 5.10. The highest BCUT2D eigenvalue weighted by Crippen LogP contribution is 2.37. The first-order valence-corrected chi connectivity index (χ1v) is 6.29. The summed E-state index contributed by atoms with van der Waals surface area (Å²) >= 11 is 0. The molecule has 0 amide bonds. The van der Waals surface area contributed by atoms with Gasteiger partial charge in [-0.1, -0.05) is 17.2 Å². The number of hydrogen-bond donors (Lipinski definition) is 0. The molecule has 0 unspecified atom stereocenters. The number of hydrogen-bond acceptors (Lipinski definition) is 4. The van der Waals surface area contributed by atoms with E-state index in [4.69, 9.17) is 5.53 Å². The van der Waals surface area contributed by atoms with Gasteiger partial charge in [0.2, 0.25) is 0 Å². The number of azide groups is 1. The minimum absolute atomic E-state index is 0.606. The van der Waals surface area contributed by atoms with Crippen molar-refractivity contribution in [3.05, 3.63) is 34.2 Å². The molecule has 0 atom stereocenters. The highest BCUT2D eigenvalue weighted by atomic mass is 15.2. The average molecular weight is 270 g/mol. The molecule has 6 heteroatoms. The number of aryl methyl sites for hydroxylation is 1. The van der Waals surface area contributed by atoms with Crippen molar-refractivity contribution < 1.29 is 0 Å². The van der Waals surface area contributed by atoms with Crippen LogP contribution in [0, 0.1) is 6.92 Å². The summed E-state index contributed by atoms with van der Waals surface area (Å²) in [4.78, 5) is 11.6. The van der Waals surface area contributed by atoms with Crippen molar-refractivity contribution in [2.45, 2.75) is 6.92 Å². The Bertz CT molecular complexity index is 698. The highest BCUT2D eigenvalue weighted by molar-refractivity contribution is 6.03. The molecule has 0 fully saturated rings. The molecule has 20 heavy (non-hydrogen) atoms. The summed E-state index contributed by atoms with van der Waals surface area (Å²) in [7, 11) is 7.85. The zero-order valence-corrected chi connectivity index (χ0v) is 12.4. The first kappa shape index (κ1) is 14.0. The van der Waals surface area contributed by atoms with Gasteiger partial charge in [0.15, 0.2) is 0 Å². The SMILES string of the molecule is Cc1ccc(N=[N+]=[N-])c2c(N(C)C)cc(N(C)C)nc12. The van der Waals surface area contributed by atoms with Crippen LogP contribution in [0.5, 0.6) is 0 Å². The van der Waals surface area contributed by atoms with Crippen LogP contribution < -0.4 is 9.80 Å². The van der Waals surface area contributed by atoms with E-state index in [0.29, 0.717) is 5.69 Å². The number of rotatable bonds is 3. The fraction of sp³-hybridized carbons (Fsp3) is 0.357. The van der Waals surface area contributed by atoms with Crippen LogP contribution in [0.4, 0.5) is 17.2 Å². The predicted octanol–water partition coefficient (Wildman–Crippen LogP) is 3.62. The highest BCUT2D eigenvalue weighted by Gasteiger charge is 2.13. The summed E-state index contributed by atoms with van der Waals surface area (Å²) in [6.07, 6.45) is 0. The molecule has 1 aromatic carbocycles. The Morgan fingerprint density at radius 2 is 1.85 bits per heavy atom. The Morgan fingerprint density at radius 1 is 1.15 bits per heavy atom. The van der Waals surface area contributed by atoms with Gasteiger partial charge < -0.3 is 9.80 Å². The van der Waals surface area contributed by atoms with Gasteiger partial charge in [0, 0.05) is 55.9 Å². The molecule has 0 saturated carbocycles. The Kier molecular flexibility index (Phi) is 3.68. The summed E-state index contributed by atoms with van der Waals surface area (Å²) < 4.78 is 0. The number of anilines is 2. The summed E-state index contributed by atoms with van der Waals surface area (Å²) in [5.41, 5.74) is 12.3. The molecular weight excluding hydrogens is 252 g/mol. The van der Waals surface area contributed by atoms with E-state index in [1.54, 1.807) is 0 Å². The van der Waals surface area contributed by atoms with Crippen molar-refractivity contribution in [3.8, 4) is 0 Å². The quantitative estimate of drug-likeness (QED) is 0.486. The van der Waals surface area contributed by atoms with E-state index in [-0.39, 0.29) is 0 Å². The molecular formula is C14H18N6. The molecule has 0 aliphatic carbocycles. The normalized spacial score (nSPS) is 10.2. The van der Waals surface area contributed by atoms with Crippen molar-refractivity contribution in [3.63, 3.8) is 0 Å². The number of aromatic nitrogens is 1. The Labute approximate surface area is 118 Å². The molecule has 2 rings (SSSR count). The topological polar surface area (TPSA) is 68.1 Å². The third-order valence-electron chi connectivity index (χ3n) is 3.20. The van der Waals surface area contributed by atoms with E-state index >= 15 is 0 Å². The summed E-state index contributed by atoms with van der Waals surface area (Å²) in [6.45, 7) is 2.01. The summed E-state index contributed by atoms with van der Waals surface area (Å²) in [6, 6.07) is 5.76. The second-order valence-electron chi connectivity index (χ2n) is 5.10. The van der Waals surface area contributed by atoms with Crippen molar-refractivity contribution in [1.29, 1.82) is 0 Å². The lowest BCUT2D eigenvalue weighted by molar-refractivity contribution is 1.07. The van der Waals surface area contributed by atoms with Crippen molar-refractivity contribution in [2.24, 2.45) is 5.11 Å². The van der Waals surface area contributed by atoms with E-state index in [0.717, 1.165) is 28.0 Å². The van der Waals surface area contributed by atoms with Gasteiger partial charge in [0.05, 0.1) is 5.52 Å². The van der Waals surface area contributed by atoms with Crippen molar-refractivity contribution >= 4 is 28.1 Å². The van der Waals surface area contributed by atoms with Crippen LogP contribution in [0.1, 0.15) is 5.56 Å². The molecule has 0 radical (unpaired) electrons. The van der Waals surface area contributed by atoms with Gasteiger partial charge >= 0.3 is 0 Å². The van der Waals surface area contributed by atoms with Crippen LogP contribution in [0.25, 0.3) is 21.3 Å². The number of nitrogens with zero attached hydrogens (tertiary/aromatic N) is 6. The molecule has 0 saturated heterocycles. The zero-order chi connectivity index (χ0) is 14.9. The molecule has 1 aromatic heterocycles. The van der Waals surface area contributed by atoms with E-state index in [9.17, 15) is 0 Å². The molecule has 6 nitrogen and oxygen atoms in total. The summed E-state index contributed by atoms with van der Waals surface area (Å²) in [5.74, 6) is 0.877. The molecule has 0 bridgehead atoms. The molecule has 1 heterocycles. The van der Waals surface area contributed by atoms with Gasteiger partial charge in [-0.3, -0.25) is 0 Å². The first-order valence-electron chi connectivity index (χ1n) is 6.29.